The zero-order valence-corrected chi connectivity index (χ0v) is 18.7. The minimum absolute atomic E-state index is 0.0807. The van der Waals surface area contributed by atoms with Gasteiger partial charge >= 0.3 is 5.97 Å². The van der Waals surface area contributed by atoms with Crippen LogP contribution < -0.4 is 10.1 Å². The number of fused-ring (bicyclic) bond motifs is 1. The Hall–Kier alpha value is -3.91. The van der Waals surface area contributed by atoms with E-state index in [1.54, 1.807) is 24.3 Å². The molecule has 1 fully saturated rings. The van der Waals surface area contributed by atoms with Crippen molar-refractivity contribution in [2.45, 2.75) is 25.7 Å². The van der Waals surface area contributed by atoms with Gasteiger partial charge in [0, 0.05) is 30.6 Å². The molecule has 5 rings (SSSR count). The van der Waals surface area contributed by atoms with E-state index in [0.717, 1.165) is 18.7 Å². The number of aromatic carboxylic acids is 1. The predicted octanol–water partition coefficient (Wildman–Crippen LogP) is 5.49. The van der Waals surface area contributed by atoms with Crippen LogP contribution in [0.3, 0.4) is 0 Å². The highest BCUT2D eigenvalue weighted by atomic mass is 16.5. The number of pyridine rings is 1. The monoisotopic (exact) mass is 458 g/mol. The molecule has 4 aromatic rings. The maximum atomic E-state index is 11.1. The Morgan fingerprint density at radius 3 is 2.76 bits per heavy atom. The molecule has 1 aliphatic heterocycles. The molecule has 0 aliphatic carbocycles. The standard InChI is InChI=1S/C26H26N4O4/c31-25(32)23-16-21(9-11-27-23)33-20-7-8-22-24(17-20)34-26(29-22)28-19-6-4-5-18(15-19)10-14-30-12-2-1-3-13-30/h4-9,11,15-17H,1-3,10,12-14H2,(H,28,29)(H,31,32). The van der Waals surface area contributed by atoms with Crippen molar-refractivity contribution in [2.75, 3.05) is 25.0 Å². The summed E-state index contributed by atoms with van der Waals surface area (Å²) in [6.45, 7) is 3.49. The van der Waals surface area contributed by atoms with Crippen LogP contribution in [0, 0.1) is 0 Å². The van der Waals surface area contributed by atoms with E-state index < -0.39 is 5.97 Å². The number of rotatable bonds is 8. The van der Waals surface area contributed by atoms with E-state index in [-0.39, 0.29) is 5.69 Å². The van der Waals surface area contributed by atoms with Crippen LogP contribution >= 0.6 is 0 Å². The topological polar surface area (TPSA) is 101 Å². The molecule has 3 heterocycles. The zero-order valence-electron chi connectivity index (χ0n) is 18.7. The summed E-state index contributed by atoms with van der Waals surface area (Å²) in [5.41, 5.74) is 3.38. The highest BCUT2D eigenvalue weighted by Gasteiger charge is 2.12. The van der Waals surface area contributed by atoms with E-state index in [1.165, 1.54) is 50.2 Å². The molecular weight excluding hydrogens is 432 g/mol. The first-order valence-corrected chi connectivity index (χ1v) is 11.5. The van der Waals surface area contributed by atoms with Crippen molar-refractivity contribution in [1.82, 2.24) is 14.9 Å². The van der Waals surface area contributed by atoms with E-state index in [2.05, 4.69) is 32.3 Å². The molecule has 0 saturated carbocycles. The number of nitrogens with zero attached hydrogens (tertiary/aromatic N) is 3. The number of hydrogen-bond donors (Lipinski definition) is 2. The Morgan fingerprint density at radius 2 is 1.91 bits per heavy atom. The summed E-state index contributed by atoms with van der Waals surface area (Å²) in [5, 5.41) is 12.4. The number of hydrogen-bond acceptors (Lipinski definition) is 7. The van der Waals surface area contributed by atoms with Gasteiger partial charge in [0.1, 0.15) is 17.0 Å². The smallest absolute Gasteiger partial charge is 0.354 e. The molecule has 2 aromatic heterocycles. The van der Waals surface area contributed by atoms with Crippen LogP contribution in [0.1, 0.15) is 35.3 Å². The molecule has 34 heavy (non-hydrogen) atoms. The van der Waals surface area contributed by atoms with Gasteiger partial charge in [0.2, 0.25) is 0 Å². The molecule has 8 nitrogen and oxygen atoms in total. The number of nitrogens with one attached hydrogen (secondary N) is 1. The van der Waals surface area contributed by atoms with E-state index in [4.69, 9.17) is 14.3 Å². The third-order valence-electron chi connectivity index (χ3n) is 5.89. The molecule has 0 radical (unpaired) electrons. The fourth-order valence-electron chi connectivity index (χ4n) is 4.15. The predicted molar refractivity (Wildman–Crippen MR) is 129 cm³/mol. The van der Waals surface area contributed by atoms with Crippen LogP contribution in [-0.4, -0.2) is 45.6 Å². The molecule has 0 bridgehead atoms. The Bertz CT molecular complexity index is 1300. The number of aromatic nitrogens is 2. The molecule has 2 aromatic carbocycles. The molecule has 0 spiro atoms. The number of ether oxygens (including phenoxy) is 1. The number of benzene rings is 2. The normalized spacial score (nSPS) is 14.2. The number of carboxylic acid groups (broad SMARTS) is 1. The van der Waals surface area contributed by atoms with Crippen molar-refractivity contribution in [3.05, 3.63) is 72.1 Å². The Morgan fingerprint density at radius 1 is 1.06 bits per heavy atom. The van der Waals surface area contributed by atoms with Gasteiger partial charge in [-0.1, -0.05) is 18.6 Å². The van der Waals surface area contributed by atoms with Crippen molar-refractivity contribution in [3.63, 3.8) is 0 Å². The maximum absolute atomic E-state index is 11.1. The van der Waals surface area contributed by atoms with Crippen molar-refractivity contribution in [3.8, 4) is 11.5 Å². The second-order valence-electron chi connectivity index (χ2n) is 8.41. The molecule has 174 valence electrons. The molecular formula is C26H26N4O4. The van der Waals surface area contributed by atoms with Crippen molar-refractivity contribution >= 4 is 28.8 Å². The lowest BCUT2D eigenvalue weighted by Gasteiger charge is -2.26. The first-order chi connectivity index (χ1) is 16.6. The highest BCUT2D eigenvalue weighted by Crippen LogP contribution is 2.29. The van der Waals surface area contributed by atoms with Crippen LogP contribution in [0.4, 0.5) is 11.7 Å². The minimum atomic E-state index is -1.11. The van der Waals surface area contributed by atoms with Gasteiger partial charge in [-0.3, -0.25) is 0 Å². The number of likely N-dealkylation sites (tertiary alicyclic amines) is 1. The number of carbonyl (C=O) groups is 1. The van der Waals surface area contributed by atoms with Crippen LogP contribution in [0.5, 0.6) is 11.5 Å². The van der Waals surface area contributed by atoms with Gasteiger partial charge in [-0.05, 0) is 68.2 Å². The number of anilines is 2. The Balaban J connectivity index is 1.26. The molecule has 0 amide bonds. The van der Waals surface area contributed by atoms with Gasteiger partial charge in [-0.2, -0.15) is 4.98 Å². The minimum Gasteiger partial charge on any atom is -0.477 e. The number of piperidine rings is 1. The van der Waals surface area contributed by atoms with Gasteiger partial charge in [-0.15, -0.1) is 0 Å². The SMILES string of the molecule is O=C(O)c1cc(Oc2ccc3nc(Nc4cccc(CCN5CCCCC5)c4)oc3c2)ccn1. The van der Waals surface area contributed by atoms with Gasteiger partial charge in [0.15, 0.2) is 11.3 Å². The second kappa shape index (κ2) is 9.93. The second-order valence-corrected chi connectivity index (χ2v) is 8.41. The first-order valence-electron chi connectivity index (χ1n) is 11.5. The largest absolute Gasteiger partial charge is 0.477 e. The number of carboxylic acids is 1. The summed E-state index contributed by atoms with van der Waals surface area (Å²) in [7, 11) is 0. The molecule has 0 unspecified atom stereocenters. The summed E-state index contributed by atoms with van der Waals surface area (Å²) in [5.74, 6) is -0.217. The molecule has 0 atom stereocenters. The lowest BCUT2D eigenvalue weighted by molar-refractivity contribution is 0.0690. The van der Waals surface area contributed by atoms with Crippen LogP contribution in [0.15, 0.2) is 65.2 Å². The summed E-state index contributed by atoms with van der Waals surface area (Å²) in [6.07, 6.45) is 6.37. The zero-order chi connectivity index (χ0) is 23.3. The molecule has 2 N–H and O–H groups in total. The average Bonchev–Trinajstić information content (AvgIpc) is 3.25. The number of oxazole rings is 1. The van der Waals surface area contributed by atoms with Gasteiger partial charge in [0.25, 0.3) is 6.01 Å². The molecule has 1 saturated heterocycles. The van der Waals surface area contributed by atoms with Gasteiger partial charge in [0.05, 0.1) is 0 Å². The van der Waals surface area contributed by atoms with Crippen molar-refractivity contribution in [1.29, 1.82) is 0 Å². The third-order valence-corrected chi connectivity index (χ3v) is 5.89. The fourth-order valence-corrected chi connectivity index (χ4v) is 4.15. The van der Waals surface area contributed by atoms with Crippen molar-refractivity contribution < 1.29 is 19.1 Å². The lowest BCUT2D eigenvalue weighted by atomic mass is 10.1. The van der Waals surface area contributed by atoms with Gasteiger partial charge in [-0.25, -0.2) is 9.78 Å². The van der Waals surface area contributed by atoms with E-state index in [9.17, 15) is 4.79 Å². The summed E-state index contributed by atoms with van der Waals surface area (Å²) in [6, 6.07) is 17.0. The van der Waals surface area contributed by atoms with E-state index >= 15 is 0 Å². The quantitative estimate of drug-likeness (QED) is 0.358. The summed E-state index contributed by atoms with van der Waals surface area (Å²) in [4.78, 5) is 22.0. The van der Waals surface area contributed by atoms with Crippen LogP contribution in [0.2, 0.25) is 0 Å². The van der Waals surface area contributed by atoms with Gasteiger partial charge < -0.3 is 24.5 Å². The third kappa shape index (κ3) is 5.35. The van der Waals surface area contributed by atoms with Crippen LogP contribution in [-0.2, 0) is 6.42 Å². The molecule has 1 aliphatic rings. The highest BCUT2D eigenvalue weighted by molar-refractivity contribution is 5.85. The van der Waals surface area contributed by atoms with E-state index in [1.807, 2.05) is 12.1 Å². The Kier molecular flexibility index (Phi) is 6.40. The van der Waals surface area contributed by atoms with E-state index in [0.29, 0.717) is 28.6 Å². The summed E-state index contributed by atoms with van der Waals surface area (Å²) >= 11 is 0. The Labute approximate surface area is 197 Å². The average molecular weight is 459 g/mol. The fraction of sp³-hybridized carbons (Fsp3) is 0.269. The van der Waals surface area contributed by atoms with Crippen LogP contribution in [0.25, 0.3) is 11.1 Å². The summed E-state index contributed by atoms with van der Waals surface area (Å²) < 4.78 is 11.7. The maximum Gasteiger partial charge on any atom is 0.354 e. The molecule has 8 heteroatoms. The first kappa shape index (κ1) is 21.9. The van der Waals surface area contributed by atoms with Crippen molar-refractivity contribution in [2.24, 2.45) is 0 Å². The lowest BCUT2D eigenvalue weighted by Crippen LogP contribution is -2.31.